The second-order valence-electron chi connectivity index (χ2n) is 5.12. The fourth-order valence-electron chi connectivity index (χ4n) is 2.17. The molecule has 0 saturated heterocycles. The van der Waals surface area contributed by atoms with Crippen LogP contribution in [0.1, 0.15) is 6.92 Å². The maximum Gasteiger partial charge on any atom is 0.249 e. The minimum Gasteiger partial charge on any atom is -0.495 e. The Kier molecular flexibility index (Phi) is 6.72. The summed E-state index contributed by atoms with van der Waals surface area (Å²) in [5.74, 6) is -0.277. The monoisotopic (exact) mass is 436 g/mol. The van der Waals surface area contributed by atoms with Gasteiger partial charge in [0.25, 0.3) is 0 Å². The molecule has 0 spiro atoms. The lowest BCUT2D eigenvalue weighted by Crippen LogP contribution is -2.45. The number of methoxy groups -OCH3 is 1. The van der Waals surface area contributed by atoms with Crippen LogP contribution in [0.2, 0.25) is 5.02 Å². The Bertz CT molecular complexity index is 903. The molecule has 12 heteroatoms. The molecule has 0 aliphatic rings. The first kappa shape index (κ1) is 20.7. The number of halogens is 1. The van der Waals surface area contributed by atoms with Crippen molar-refractivity contribution in [2.75, 3.05) is 29.2 Å². The topological polar surface area (TPSA) is 101 Å². The molecule has 0 radical (unpaired) electrons. The van der Waals surface area contributed by atoms with Crippen molar-refractivity contribution in [2.24, 2.45) is 0 Å². The lowest BCUT2D eigenvalue weighted by Gasteiger charge is -2.29. The number of benzene rings is 1. The van der Waals surface area contributed by atoms with Gasteiger partial charge in [-0.15, -0.1) is 10.2 Å². The highest BCUT2D eigenvalue weighted by atomic mass is 35.5. The Hall–Kier alpha value is -1.56. The first-order valence-corrected chi connectivity index (χ1v) is 11.5. The fraction of sp³-hybridized carbons (Fsp3) is 0.357. The van der Waals surface area contributed by atoms with Crippen LogP contribution >= 0.6 is 34.7 Å². The van der Waals surface area contributed by atoms with Gasteiger partial charge in [0.15, 0.2) is 4.34 Å². The molecule has 1 N–H and O–H groups in total. The summed E-state index contributed by atoms with van der Waals surface area (Å²) >= 11 is 8.60. The molecule has 1 heterocycles. The van der Waals surface area contributed by atoms with E-state index in [1.807, 2.05) is 6.26 Å². The molecule has 0 bridgehead atoms. The summed E-state index contributed by atoms with van der Waals surface area (Å²) in [4.78, 5) is 12.6. The lowest BCUT2D eigenvalue weighted by molar-refractivity contribution is -0.116. The molecular weight excluding hydrogens is 420 g/mol. The summed E-state index contributed by atoms with van der Waals surface area (Å²) in [5, 5.41) is 10.9. The number of amides is 1. The number of thioether (sulfide) groups is 1. The van der Waals surface area contributed by atoms with E-state index in [1.165, 1.54) is 49.3 Å². The molecule has 142 valence electrons. The van der Waals surface area contributed by atoms with Crippen LogP contribution in [-0.2, 0) is 14.8 Å². The second kappa shape index (κ2) is 8.42. The maximum atomic E-state index is 12.6. The van der Waals surface area contributed by atoms with Crippen molar-refractivity contribution in [3.05, 3.63) is 23.2 Å². The third-order valence-corrected chi connectivity index (χ3v) is 6.55. The average Bonchev–Trinajstić information content (AvgIpc) is 3.01. The number of rotatable bonds is 7. The zero-order chi connectivity index (χ0) is 19.5. The van der Waals surface area contributed by atoms with E-state index in [0.717, 1.165) is 10.6 Å². The standard InChI is InChI=1S/C14H17ClN4O4S3/c1-8(12(20)16-13-17-18-14(24-3)25-13)19(26(4,21)22)10-7-9(15)5-6-11(10)23-2/h5-8H,1-4H3,(H,16,17,20)/t8-/m1/s1. The molecule has 1 aromatic heterocycles. The van der Waals surface area contributed by atoms with Gasteiger partial charge >= 0.3 is 0 Å². The van der Waals surface area contributed by atoms with Crippen LogP contribution in [-0.4, -0.2) is 50.2 Å². The molecule has 1 amide bonds. The zero-order valence-corrected chi connectivity index (χ0v) is 17.6. The van der Waals surface area contributed by atoms with E-state index in [9.17, 15) is 13.2 Å². The summed E-state index contributed by atoms with van der Waals surface area (Å²) in [7, 11) is -2.40. The van der Waals surface area contributed by atoms with Gasteiger partial charge in [-0.3, -0.25) is 14.4 Å². The number of hydrogen-bond donors (Lipinski definition) is 1. The molecular formula is C14H17ClN4O4S3. The molecule has 2 aromatic rings. The van der Waals surface area contributed by atoms with E-state index in [4.69, 9.17) is 16.3 Å². The molecule has 2 rings (SSSR count). The predicted molar refractivity (Wildman–Crippen MR) is 105 cm³/mol. The van der Waals surface area contributed by atoms with Crippen LogP contribution in [0.5, 0.6) is 5.75 Å². The van der Waals surface area contributed by atoms with Crippen molar-refractivity contribution in [3.8, 4) is 5.75 Å². The number of hydrogen-bond acceptors (Lipinski definition) is 8. The zero-order valence-electron chi connectivity index (χ0n) is 14.4. The maximum absolute atomic E-state index is 12.6. The number of carbonyl (C=O) groups is 1. The number of sulfonamides is 1. The van der Waals surface area contributed by atoms with E-state index in [2.05, 4.69) is 15.5 Å². The summed E-state index contributed by atoms with van der Waals surface area (Å²) in [6.07, 6.45) is 2.85. The van der Waals surface area contributed by atoms with Gasteiger partial charge in [-0.1, -0.05) is 34.7 Å². The summed E-state index contributed by atoms with van der Waals surface area (Å²) in [5.41, 5.74) is 0.173. The molecule has 8 nitrogen and oxygen atoms in total. The van der Waals surface area contributed by atoms with Gasteiger partial charge in [-0.05, 0) is 31.4 Å². The minimum absolute atomic E-state index is 0.173. The number of anilines is 2. The fourth-order valence-corrected chi connectivity index (χ4v) is 4.68. The van der Waals surface area contributed by atoms with Crippen LogP contribution in [0.15, 0.2) is 22.5 Å². The largest absolute Gasteiger partial charge is 0.495 e. The first-order chi connectivity index (χ1) is 12.2. The molecule has 0 aliphatic carbocycles. The first-order valence-electron chi connectivity index (χ1n) is 7.18. The van der Waals surface area contributed by atoms with Gasteiger partial charge in [-0.25, -0.2) is 8.42 Å². The average molecular weight is 437 g/mol. The SMILES string of the molecule is COc1ccc(Cl)cc1N([C@H](C)C(=O)Nc1nnc(SC)s1)S(C)(=O)=O. The number of ether oxygens (including phenoxy) is 1. The Morgan fingerprint density at radius 1 is 1.42 bits per heavy atom. The van der Waals surface area contributed by atoms with Crippen LogP contribution in [0.4, 0.5) is 10.8 Å². The van der Waals surface area contributed by atoms with Crippen molar-refractivity contribution >= 4 is 61.4 Å². The third-order valence-electron chi connectivity index (χ3n) is 3.28. The van der Waals surface area contributed by atoms with Gasteiger partial charge in [-0.2, -0.15) is 0 Å². The van der Waals surface area contributed by atoms with E-state index < -0.39 is 22.0 Å². The van der Waals surface area contributed by atoms with Crippen molar-refractivity contribution in [1.82, 2.24) is 10.2 Å². The van der Waals surface area contributed by atoms with Crippen LogP contribution in [0.25, 0.3) is 0 Å². The Labute approximate surface area is 164 Å². The number of aromatic nitrogens is 2. The third kappa shape index (κ3) is 4.78. The van der Waals surface area contributed by atoms with E-state index in [0.29, 0.717) is 9.36 Å². The highest BCUT2D eigenvalue weighted by Crippen LogP contribution is 2.34. The van der Waals surface area contributed by atoms with Crippen molar-refractivity contribution in [3.63, 3.8) is 0 Å². The Morgan fingerprint density at radius 3 is 2.65 bits per heavy atom. The molecule has 0 saturated carbocycles. The summed E-state index contributed by atoms with van der Waals surface area (Å²) in [6, 6.07) is 3.47. The second-order valence-corrected chi connectivity index (χ2v) is 9.44. The normalized spacial score (nSPS) is 12.5. The highest BCUT2D eigenvalue weighted by molar-refractivity contribution is 8.00. The van der Waals surface area contributed by atoms with E-state index in [1.54, 1.807) is 6.07 Å². The minimum atomic E-state index is -3.81. The van der Waals surface area contributed by atoms with Crippen molar-refractivity contribution in [1.29, 1.82) is 0 Å². The molecule has 0 unspecified atom stereocenters. The molecule has 26 heavy (non-hydrogen) atoms. The summed E-state index contributed by atoms with van der Waals surface area (Å²) in [6.45, 7) is 1.47. The highest BCUT2D eigenvalue weighted by Gasteiger charge is 2.32. The van der Waals surface area contributed by atoms with E-state index in [-0.39, 0.29) is 16.6 Å². The van der Waals surface area contributed by atoms with Crippen LogP contribution < -0.4 is 14.4 Å². The lowest BCUT2D eigenvalue weighted by atomic mass is 10.2. The van der Waals surface area contributed by atoms with Gasteiger partial charge in [0.2, 0.25) is 21.1 Å². The smallest absolute Gasteiger partial charge is 0.249 e. The van der Waals surface area contributed by atoms with Gasteiger partial charge in [0, 0.05) is 5.02 Å². The van der Waals surface area contributed by atoms with Crippen molar-refractivity contribution < 1.29 is 17.9 Å². The van der Waals surface area contributed by atoms with Crippen molar-refractivity contribution in [2.45, 2.75) is 17.3 Å². The van der Waals surface area contributed by atoms with Gasteiger partial charge in [0.05, 0.1) is 19.1 Å². The predicted octanol–water partition coefficient (Wildman–Crippen LogP) is 2.72. The molecule has 0 aliphatic heterocycles. The van der Waals surface area contributed by atoms with E-state index >= 15 is 0 Å². The number of nitrogens with one attached hydrogen (secondary N) is 1. The Balaban J connectivity index is 2.38. The molecule has 0 fully saturated rings. The Morgan fingerprint density at radius 2 is 2.12 bits per heavy atom. The number of nitrogens with zero attached hydrogens (tertiary/aromatic N) is 3. The van der Waals surface area contributed by atoms with Crippen LogP contribution in [0, 0.1) is 0 Å². The number of carbonyl (C=O) groups excluding carboxylic acids is 1. The van der Waals surface area contributed by atoms with Gasteiger partial charge < -0.3 is 4.74 Å². The molecule has 1 aromatic carbocycles. The summed E-state index contributed by atoms with van der Waals surface area (Å²) < 4.78 is 31.6. The molecule has 1 atom stereocenters. The van der Waals surface area contributed by atoms with Crippen LogP contribution in [0.3, 0.4) is 0 Å². The quantitative estimate of drug-likeness (QED) is 0.525. The van der Waals surface area contributed by atoms with Gasteiger partial charge in [0.1, 0.15) is 11.8 Å².